The molecule has 2 aliphatic heterocycles. The average Bonchev–Trinajstić information content (AvgIpc) is 2.36. The lowest BCUT2D eigenvalue weighted by atomic mass is 9.93. The number of ether oxygens (including phenoxy) is 1. The second-order valence-corrected chi connectivity index (χ2v) is 7.50. The highest BCUT2D eigenvalue weighted by atomic mass is 32.2. The van der Waals surface area contributed by atoms with Gasteiger partial charge in [-0.05, 0) is 58.5 Å². The van der Waals surface area contributed by atoms with Crippen molar-refractivity contribution in [3.05, 3.63) is 0 Å². The van der Waals surface area contributed by atoms with Crippen LogP contribution in [-0.2, 0) is 4.74 Å². The summed E-state index contributed by atoms with van der Waals surface area (Å²) in [5.74, 6) is 2.63. The third-order valence-corrected chi connectivity index (χ3v) is 4.78. The Bertz CT molecular complexity index is 246. The standard InChI is InChI=1S/C13H25NOS/c1-12(2)9-11(13(3,4)15-12)14-10-5-7-16-8-6-10/h10-11,14H,5-9H2,1-4H3. The van der Waals surface area contributed by atoms with Crippen molar-refractivity contribution in [2.24, 2.45) is 0 Å². The second-order valence-electron chi connectivity index (χ2n) is 6.28. The molecule has 1 atom stereocenters. The summed E-state index contributed by atoms with van der Waals surface area (Å²) in [4.78, 5) is 0. The van der Waals surface area contributed by atoms with Gasteiger partial charge in [0, 0.05) is 12.1 Å². The van der Waals surface area contributed by atoms with Crippen molar-refractivity contribution in [3.63, 3.8) is 0 Å². The Hall–Kier alpha value is 0.270. The lowest BCUT2D eigenvalue weighted by Gasteiger charge is -2.32. The van der Waals surface area contributed by atoms with Crippen molar-refractivity contribution >= 4 is 11.8 Å². The molecule has 1 unspecified atom stereocenters. The number of hydrogen-bond acceptors (Lipinski definition) is 3. The molecule has 16 heavy (non-hydrogen) atoms. The minimum absolute atomic E-state index is 0.0198. The minimum atomic E-state index is -0.0198. The van der Waals surface area contributed by atoms with Crippen LogP contribution in [0.4, 0.5) is 0 Å². The van der Waals surface area contributed by atoms with E-state index in [9.17, 15) is 0 Å². The van der Waals surface area contributed by atoms with Crippen molar-refractivity contribution < 1.29 is 4.74 Å². The maximum Gasteiger partial charge on any atom is 0.0787 e. The molecule has 2 nitrogen and oxygen atoms in total. The summed E-state index contributed by atoms with van der Waals surface area (Å²) in [7, 11) is 0. The Balaban J connectivity index is 1.93. The molecule has 0 spiro atoms. The highest BCUT2D eigenvalue weighted by molar-refractivity contribution is 7.99. The van der Waals surface area contributed by atoms with Gasteiger partial charge in [-0.25, -0.2) is 0 Å². The molecule has 0 aromatic carbocycles. The molecule has 2 fully saturated rings. The quantitative estimate of drug-likeness (QED) is 0.806. The van der Waals surface area contributed by atoms with Gasteiger partial charge in [0.25, 0.3) is 0 Å². The zero-order valence-corrected chi connectivity index (χ0v) is 11.8. The van der Waals surface area contributed by atoms with Gasteiger partial charge in [-0.15, -0.1) is 0 Å². The van der Waals surface area contributed by atoms with Gasteiger partial charge in [0.15, 0.2) is 0 Å². The monoisotopic (exact) mass is 243 g/mol. The number of rotatable bonds is 2. The van der Waals surface area contributed by atoms with Crippen LogP contribution in [0.5, 0.6) is 0 Å². The highest BCUT2D eigenvalue weighted by Gasteiger charge is 2.46. The van der Waals surface area contributed by atoms with Gasteiger partial charge in [0.1, 0.15) is 0 Å². The van der Waals surface area contributed by atoms with Gasteiger partial charge in [-0.3, -0.25) is 0 Å². The van der Waals surface area contributed by atoms with E-state index in [1.54, 1.807) is 0 Å². The molecule has 0 saturated carbocycles. The Morgan fingerprint density at radius 3 is 2.25 bits per heavy atom. The summed E-state index contributed by atoms with van der Waals surface area (Å²) in [6.45, 7) is 8.84. The van der Waals surface area contributed by atoms with Crippen LogP contribution in [0, 0.1) is 0 Å². The summed E-state index contributed by atoms with van der Waals surface area (Å²) >= 11 is 2.09. The van der Waals surface area contributed by atoms with E-state index in [0.29, 0.717) is 12.1 Å². The van der Waals surface area contributed by atoms with Crippen LogP contribution < -0.4 is 5.32 Å². The zero-order valence-electron chi connectivity index (χ0n) is 11.0. The minimum Gasteiger partial charge on any atom is -0.368 e. The Kier molecular flexibility index (Phi) is 3.58. The van der Waals surface area contributed by atoms with Gasteiger partial charge >= 0.3 is 0 Å². The maximum absolute atomic E-state index is 6.12. The van der Waals surface area contributed by atoms with Crippen LogP contribution in [-0.4, -0.2) is 34.8 Å². The number of thioether (sulfide) groups is 1. The molecule has 3 heteroatoms. The lowest BCUT2D eigenvalue weighted by molar-refractivity contribution is -0.0705. The maximum atomic E-state index is 6.12. The summed E-state index contributed by atoms with van der Waals surface area (Å²) in [5.41, 5.74) is 0.0126. The molecule has 2 heterocycles. The van der Waals surface area contributed by atoms with Crippen LogP contribution >= 0.6 is 11.8 Å². The molecule has 1 N–H and O–H groups in total. The topological polar surface area (TPSA) is 21.3 Å². The molecule has 2 aliphatic rings. The van der Waals surface area contributed by atoms with Crippen molar-refractivity contribution in [1.29, 1.82) is 0 Å². The zero-order chi connectivity index (χ0) is 11.8. The first-order valence-electron chi connectivity index (χ1n) is 6.43. The van der Waals surface area contributed by atoms with Crippen molar-refractivity contribution in [1.82, 2.24) is 5.32 Å². The van der Waals surface area contributed by atoms with Gasteiger partial charge in [0.2, 0.25) is 0 Å². The highest BCUT2D eigenvalue weighted by Crippen LogP contribution is 2.37. The van der Waals surface area contributed by atoms with E-state index in [0.717, 1.165) is 6.42 Å². The Morgan fingerprint density at radius 1 is 1.12 bits per heavy atom. The summed E-state index contributed by atoms with van der Waals surface area (Å²) in [6, 6.07) is 1.22. The first-order valence-corrected chi connectivity index (χ1v) is 7.58. The predicted molar refractivity (Wildman–Crippen MR) is 71.1 cm³/mol. The molecule has 0 bridgehead atoms. The molecule has 2 rings (SSSR count). The molecule has 2 saturated heterocycles. The number of nitrogens with one attached hydrogen (secondary N) is 1. The van der Waals surface area contributed by atoms with Crippen LogP contribution in [0.15, 0.2) is 0 Å². The normalized spacial score (nSPS) is 34.1. The fourth-order valence-electron chi connectivity index (χ4n) is 2.97. The van der Waals surface area contributed by atoms with Crippen molar-refractivity contribution in [2.75, 3.05) is 11.5 Å². The molecule has 0 amide bonds. The van der Waals surface area contributed by atoms with Crippen LogP contribution in [0.1, 0.15) is 47.0 Å². The van der Waals surface area contributed by atoms with Gasteiger partial charge in [0.05, 0.1) is 11.2 Å². The van der Waals surface area contributed by atoms with Crippen molar-refractivity contribution in [3.8, 4) is 0 Å². The average molecular weight is 243 g/mol. The van der Waals surface area contributed by atoms with E-state index in [1.807, 2.05) is 0 Å². The third-order valence-electron chi connectivity index (χ3n) is 3.73. The van der Waals surface area contributed by atoms with Gasteiger partial charge < -0.3 is 10.1 Å². The van der Waals surface area contributed by atoms with E-state index in [2.05, 4.69) is 44.8 Å². The summed E-state index contributed by atoms with van der Waals surface area (Å²) in [5, 5.41) is 3.83. The third kappa shape index (κ3) is 2.93. The van der Waals surface area contributed by atoms with E-state index in [4.69, 9.17) is 4.74 Å². The van der Waals surface area contributed by atoms with E-state index in [-0.39, 0.29) is 11.2 Å². The van der Waals surface area contributed by atoms with Crippen molar-refractivity contribution in [2.45, 2.75) is 70.2 Å². The number of hydrogen-bond donors (Lipinski definition) is 1. The fourth-order valence-corrected chi connectivity index (χ4v) is 4.08. The van der Waals surface area contributed by atoms with E-state index < -0.39 is 0 Å². The van der Waals surface area contributed by atoms with Crippen LogP contribution in [0.25, 0.3) is 0 Å². The molecule has 0 aliphatic carbocycles. The SMILES string of the molecule is CC1(C)CC(NC2CCSCC2)C(C)(C)O1. The fraction of sp³-hybridized carbons (Fsp3) is 1.00. The van der Waals surface area contributed by atoms with Gasteiger partial charge in [-0.2, -0.15) is 11.8 Å². The molecule has 94 valence electrons. The first kappa shape index (κ1) is 12.7. The molecule has 0 aromatic rings. The molecule has 0 radical (unpaired) electrons. The summed E-state index contributed by atoms with van der Waals surface area (Å²) < 4.78 is 6.12. The van der Waals surface area contributed by atoms with E-state index >= 15 is 0 Å². The van der Waals surface area contributed by atoms with Gasteiger partial charge in [-0.1, -0.05) is 0 Å². The second kappa shape index (κ2) is 4.51. The molecular weight excluding hydrogens is 218 g/mol. The van der Waals surface area contributed by atoms with E-state index in [1.165, 1.54) is 24.3 Å². The first-order chi connectivity index (χ1) is 7.39. The lowest BCUT2D eigenvalue weighted by Crippen LogP contribution is -2.48. The smallest absolute Gasteiger partial charge is 0.0787 e. The molecule has 0 aromatic heterocycles. The molecular formula is C13H25NOS. The largest absolute Gasteiger partial charge is 0.368 e. The predicted octanol–water partition coefficient (Wildman–Crippen LogP) is 2.82. The Morgan fingerprint density at radius 2 is 1.75 bits per heavy atom. The Labute approximate surface area is 104 Å². The summed E-state index contributed by atoms with van der Waals surface area (Å²) in [6.07, 6.45) is 3.76. The van der Waals surface area contributed by atoms with Crippen LogP contribution in [0.2, 0.25) is 0 Å². The van der Waals surface area contributed by atoms with Crippen LogP contribution in [0.3, 0.4) is 0 Å².